The van der Waals surface area contributed by atoms with Crippen LogP contribution in [0.3, 0.4) is 0 Å². The number of carbonyl (C=O) groups excluding carboxylic acids is 2. The summed E-state index contributed by atoms with van der Waals surface area (Å²) < 4.78 is 39.6. The van der Waals surface area contributed by atoms with Crippen molar-refractivity contribution in [3.8, 4) is 11.5 Å². The van der Waals surface area contributed by atoms with E-state index in [-0.39, 0.29) is 23.1 Å². The Morgan fingerprint density at radius 2 is 1.44 bits per heavy atom. The maximum absolute atomic E-state index is 14.0. The maximum atomic E-state index is 14.0. The summed E-state index contributed by atoms with van der Waals surface area (Å²) in [7, 11) is 0.133. The third-order valence-corrected chi connectivity index (χ3v) is 8.20. The minimum atomic E-state index is -4.23. The number of benzene rings is 3. The Hall–Kier alpha value is -4.05. The van der Waals surface area contributed by atoms with E-state index in [1.165, 1.54) is 44.4 Å². The Morgan fingerprint density at radius 3 is 1.97 bits per heavy atom. The van der Waals surface area contributed by atoms with E-state index in [1.807, 2.05) is 38.1 Å². The lowest BCUT2D eigenvalue weighted by atomic mass is 10.1. The predicted molar refractivity (Wildman–Crippen MR) is 151 cm³/mol. The summed E-state index contributed by atoms with van der Waals surface area (Å²) in [4.78, 5) is 27.7. The molecule has 0 fully saturated rings. The molecule has 0 spiro atoms. The molecule has 0 aromatic heterocycles. The molecule has 0 unspecified atom stereocenters. The van der Waals surface area contributed by atoms with Crippen LogP contribution in [0.5, 0.6) is 11.5 Å². The van der Waals surface area contributed by atoms with Gasteiger partial charge in [0.05, 0.1) is 24.8 Å². The molecular weight excluding hydrogens is 518 g/mol. The average molecular weight is 554 g/mol. The molecule has 2 amide bonds. The number of nitrogens with zero attached hydrogens (tertiary/aromatic N) is 2. The summed E-state index contributed by atoms with van der Waals surface area (Å²) in [5, 5.41) is 2.58. The van der Waals surface area contributed by atoms with Crippen LogP contribution in [0.2, 0.25) is 0 Å². The van der Waals surface area contributed by atoms with Crippen molar-refractivity contribution >= 4 is 27.5 Å². The van der Waals surface area contributed by atoms with Gasteiger partial charge in [-0.2, -0.15) is 0 Å². The molecule has 9 nitrogen and oxygen atoms in total. The summed E-state index contributed by atoms with van der Waals surface area (Å²) in [6.45, 7) is 5.07. The number of rotatable bonds is 11. The van der Waals surface area contributed by atoms with Crippen molar-refractivity contribution in [2.75, 3.05) is 32.1 Å². The number of hydrogen-bond acceptors (Lipinski definition) is 6. The zero-order chi connectivity index (χ0) is 28.7. The van der Waals surface area contributed by atoms with Gasteiger partial charge in [-0.15, -0.1) is 0 Å². The summed E-state index contributed by atoms with van der Waals surface area (Å²) in [5.74, 6) is -0.280. The van der Waals surface area contributed by atoms with Crippen molar-refractivity contribution in [2.24, 2.45) is 0 Å². The highest BCUT2D eigenvalue weighted by atomic mass is 32.2. The van der Waals surface area contributed by atoms with Crippen molar-refractivity contribution in [1.29, 1.82) is 0 Å². The number of hydrogen-bond donors (Lipinski definition) is 1. The first-order valence-electron chi connectivity index (χ1n) is 12.4. The summed E-state index contributed by atoms with van der Waals surface area (Å²) in [6, 6.07) is 17.9. The van der Waals surface area contributed by atoms with E-state index in [0.29, 0.717) is 11.4 Å². The van der Waals surface area contributed by atoms with Crippen LogP contribution in [-0.2, 0) is 26.2 Å². The number of anilines is 1. The molecular formula is C29H35N3O6S. The number of nitrogens with one attached hydrogen (secondary N) is 1. The van der Waals surface area contributed by atoms with E-state index >= 15 is 0 Å². The first-order valence-corrected chi connectivity index (χ1v) is 13.8. The van der Waals surface area contributed by atoms with Crippen molar-refractivity contribution in [3.05, 3.63) is 83.4 Å². The largest absolute Gasteiger partial charge is 0.493 e. The van der Waals surface area contributed by atoms with E-state index in [1.54, 1.807) is 31.2 Å². The number of carbonyl (C=O) groups is 2. The molecule has 10 heteroatoms. The molecule has 0 saturated carbocycles. The summed E-state index contributed by atoms with van der Waals surface area (Å²) in [6.07, 6.45) is 0. The SMILES string of the molecule is CNC(=O)[C@@H](C)N(Cc1ccc(C)cc1)C(=O)CN(c1ccc(C)cc1)S(=O)(=O)c1ccc(OC)c(OC)c1. The topological polar surface area (TPSA) is 105 Å². The molecule has 3 rings (SSSR count). The van der Waals surface area contributed by atoms with Crippen LogP contribution < -0.4 is 19.1 Å². The molecule has 1 atom stereocenters. The standard InChI is InChI=1S/C29H35N3O6S/c1-20-7-11-23(12-8-20)18-31(22(3)29(34)30-4)28(33)19-32(24-13-9-21(2)10-14-24)39(35,36)25-15-16-26(37-5)27(17-25)38-6/h7-17,22H,18-19H2,1-6H3,(H,30,34)/t22-/m1/s1. The lowest BCUT2D eigenvalue weighted by molar-refractivity contribution is -0.139. The molecule has 0 aliphatic rings. The van der Waals surface area contributed by atoms with Crippen LogP contribution in [0.25, 0.3) is 0 Å². The van der Waals surface area contributed by atoms with Gasteiger partial charge in [-0.05, 0) is 50.6 Å². The van der Waals surface area contributed by atoms with E-state index in [9.17, 15) is 18.0 Å². The zero-order valence-corrected chi connectivity index (χ0v) is 23.9. The molecule has 208 valence electrons. The lowest BCUT2D eigenvalue weighted by Gasteiger charge is -2.32. The normalized spacial score (nSPS) is 11.8. The third kappa shape index (κ3) is 6.88. The maximum Gasteiger partial charge on any atom is 0.264 e. The molecule has 3 aromatic carbocycles. The highest BCUT2D eigenvalue weighted by molar-refractivity contribution is 7.92. The molecule has 0 aliphatic heterocycles. The fourth-order valence-corrected chi connectivity index (χ4v) is 5.46. The second-order valence-corrected chi connectivity index (χ2v) is 11.0. The minimum absolute atomic E-state index is 0.0713. The Balaban J connectivity index is 2.06. The number of methoxy groups -OCH3 is 2. The van der Waals surface area contributed by atoms with Crippen LogP contribution in [-0.4, -0.2) is 59.0 Å². The Labute approximate surface area is 230 Å². The quantitative estimate of drug-likeness (QED) is 0.389. The lowest BCUT2D eigenvalue weighted by Crippen LogP contribution is -2.50. The van der Waals surface area contributed by atoms with Gasteiger partial charge in [-0.1, -0.05) is 47.5 Å². The van der Waals surface area contributed by atoms with Crippen LogP contribution in [0.4, 0.5) is 5.69 Å². The van der Waals surface area contributed by atoms with Gasteiger partial charge < -0.3 is 19.7 Å². The Kier molecular flexibility index (Phi) is 9.58. The second-order valence-electron chi connectivity index (χ2n) is 9.16. The predicted octanol–water partition coefficient (Wildman–Crippen LogP) is 3.68. The van der Waals surface area contributed by atoms with Crippen molar-refractivity contribution in [3.63, 3.8) is 0 Å². The van der Waals surface area contributed by atoms with Gasteiger partial charge in [-0.25, -0.2) is 8.42 Å². The van der Waals surface area contributed by atoms with Gasteiger partial charge in [0.25, 0.3) is 10.0 Å². The summed E-state index contributed by atoms with van der Waals surface area (Å²) in [5.41, 5.74) is 3.12. The van der Waals surface area contributed by atoms with Crippen LogP contribution in [0, 0.1) is 13.8 Å². The highest BCUT2D eigenvalue weighted by Gasteiger charge is 2.32. The van der Waals surface area contributed by atoms with Crippen LogP contribution >= 0.6 is 0 Å². The smallest absolute Gasteiger partial charge is 0.264 e. The minimum Gasteiger partial charge on any atom is -0.493 e. The van der Waals surface area contributed by atoms with E-state index in [2.05, 4.69) is 5.32 Å². The van der Waals surface area contributed by atoms with Crippen LogP contribution in [0.15, 0.2) is 71.6 Å². The molecule has 0 saturated heterocycles. The van der Waals surface area contributed by atoms with Crippen LogP contribution in [0.1, 0.15) is 23.6 Å². The molecule has 0 radical (unpaired) electrons. The Bertz CT molecular complexity index is 1410. The Morgan fingerprint density at radius 1 is 0.872 bits per heavy atom. The van der Waals surface area contributed by atoms with E-state index in [4.69, 9.17) is 9.47 Å². The molecule has 0 heterocycles. The van der Waals surface area contributed by atoms with Gasteiger partial charge in [-0.3, -0.25) is 13.9 Å². The number of aryl methyl sites for hydroxylation is 2. The fraction of sp³-hybridized carbons (Fsp3) is 0.310. The number of amides is 2. The van der Waals surface area contributed by atoms with Crippen molar-refractivity contribution in [1.82, 2.24) is 10.2 Å². The van der Waals surface area contributed by atoms with Gasteiger partial charge in [0.2, 0.25) is 11.8 Å². The molecule has 0 bridgehead atoms. The third-order valence-electron chi connectivity index (χ3n) is 6.43. The zero-order valence-electron chi connectivity index (χ0n) is 23.1. The first kappa shape index (κ1) is 29.5. The van der Waals surface area contributed by atoms with Crippen molar-refractivity contribution in [2.45, 2.75) is 38.3 Å². The molecule has 3 aromatic rings. The monoisotopic (exact) mass is 553 g/mol. The van der Waals surface area contributed by atoms with Gasteiger partial charge in [0, 0.05) is 19.7 Å². The molecule has 1 N–H and O–H groups in total. The first-order chi connectivity index (χ1) is 18.5. The summed E-state index contributed by atoms with van der Waals surface area (Å²) >= 11 is 0. The molecule has 0 aliphatic carbocycles. The van der Waals surface area contributed by atoms with E-state index in [0.717, 1.165) is 21.0 Å². The van der Waals surface area contributed by atoms with Gasteiger partial charge in [0.15, 0.2) is 11.5 Å². The van der Waals surface area contributed by atoms with Crippen molar-refractivity contribution < 1.29 is 27.5 Å². The van der Waals surface area contributed by atoms with Gasteiger partial charge >= 0.3 is 0 Å². The van der Waals surface area contributed by atoms with E-state index < -0.39 is 28.5 Å². The average Bonchev–Trinajstić information content (AvgIpc) is 2.94. The highest BCUT2D eigenvalue weighted by Crippen LogP contribution is 2.32. The van der Waals surface area contributed by atoms with Gasteiger partial charge in [0.1, 0.15) is 12.6 Å². The second kappa shape index (κ2) is 12.7. The number of ether oxygens (including phenoxy) is 2. The fourth-order valence-electron chi connectivity index (χ4n) is 4.03. The molecule has 39 heavy (non-hydrogen) atoms. The number of sulfonamides is 1. The number of likely N-dealkylation sites (N-methyl/N-ethyl adjacent to an activating group) is 1.